The summed E-state index contributed by atoms with van der Waals surface area (Å²) in [4.78, 5) is 13.2. The van der Waals surface area contributed by atoms with E-state index in [2.05, 4.69) is 17.1 Å². The molecule has 0 aliphatic carbocycles. The minimum absolute atomic E-state index is 0.427. The second kappa shape index (κ2) is 5.48. The predicted molar refractivity (Wildman–Crippen MR) is 63.9 cm³/mol. The van der Waals surface area contributed by atoms with Crippen LogP contribution < -0.4 is 0 Å². The van der Waals surface area contributed by atoms with Crippen LogP contribution in [0.3, 0.4) is 0 Å². The number of hydrogen-bond donors (Lipinski definition) is 1. The van der Waals surface area contributed by atoms with Crippen molar-refractivity contribution in [2.75, 3.05) is 6.54 Å². The summed E-state index contributed by atoms with van der Waals surface area (Å²) in [6, 6.07) is -0.439. The van der Waals surface area contributed by atoms with Gasteiger partial charge in [0, 0.05) is 6.42 Å². The molecular formula is C12H19N3O3. The summed E-state index contributed by atoms with van der Waals surface area (Å²) in [5.74, 6) is 0.794. The highest BCUT2D eigenvalue weighted by atomic mass is 16.4. The van der Waals surface area contributed by atoms with E-state index in [0.29, 0.717) is 37.1 Å². The highest BCUT2D eigenvalue weighted by Crippen LogP contribution is 2.24. The third-order valence-electron chi connectivity index (χ3n) is 3.41. The number of aliphatic carboxylic acids is 1. The number of carboxylic acid groups (broad SMARTS) is 1. The molecule has 18 heavy (non-hydrogen) atoms. The fourth-order valence-corrected chi connectivity index (χ4v) is 2.31. The molecule has 6 heteroatoms. The first kappa shape index (κ1) is 13.0. The molecule has 0 aromatic carbocycles. The van der Waals surface area contributed by atoms with E-state index in [1.165, 1.54) is 0 Å². The lowest BCUT2D eigenvalue weighted by molar-refractivity contribution is -0.145. The molecule has 1 N–H and O–H groups in total. The van der Waals surface area contributed by atoms with Gasteiger partial charge in [0.25, 0.3) is 0 Å². The number of likely N-dealkylation sites (tertiary alicyclic amines) is 1. The number of nitrogens with zero attached hydrogens (tertiary/aromatic N) is 3. The highest BCUT2D eigenvalue weighted by Gasteiger charge is 2.32. The lowest BCUT2D eigenvalue weighted by atomic mass is 9.92. The Morgan fingerprint density at radius 2 is 2.22 bits per heavy atom. The van der Waals surface area contributed by atoms with E-state index in [0.717, 1.165) is 13.0 Å². The Morgan fingerprint density at radius 3 is 2.83 bits per heavy atom. The minimum Gasteiger partial charge on any atom is -0.480 e. The van der Waals surface area contributed by atoms with Crippen molar-refractivity contribution in [3.05, 3.63) is 11.8 Å². The van der Waals surface area contributed by atoms with Crippen LogP contribution >= 0.6 is 0 Å². The largest absolute Gasteiger partial charge is 0.480 e. The Labute approximate surface area is 106 Å². The van der Waals surface area contributed by atoms with E-state index in [-0.39, 0.29) is 0 Å². The van der Waals surface area contributed by atoms with Crippen LogP contribution in [0.25, 0.3) is 0 Å². The third kappa shape index (κ3) is 2.87. The summed E-state index contributed by atoms with van der Waals surface area (Å²) in [6.07, 6.45) is 2.40. The highest BCUT2D eigenvalue weighted by molar-refractivity contribution is 5.73. The van der Waals surface area contributed by atoms with Crippen molar-refractivity contribution in [1.29, 1.82) is 0 Å². The number of carboxylic acids is 1. The molecule has 2 rings (SSSR count). The maximum absolute atomic E-state index is 11.3. The van der Waals surface area contributed by atoms with Crippen LogP contribution in [0.2, 0.25) is 0 Å². The predicted octanol–water partition coefficient (Wildman–Crippen LogP) is 1.32. The lowest BCUT2D eigenvalue weighted by Gasteiger charge is -2.34. The van der Waals surface area contributed by atoms with Crippen molar-refractivity contribution in [3.8, 4) is 0 Å². The number of carbonyl (C=O) groups is 1. The first-order chi connectivity index (χ1) is 8.60. The molecule has 0 amide bonds. The van der Waals surface area contributed by atoms with Gasteiger partial charge in [-0.05, 0) is 25.3 Å². The first-order valence-corrected chi connectivity index (χ1v) is 6.38. The van der Waals surface area contributed by atoms with Crippen molar-refractivity contribution in [2.45, 2.75) is 45.7 Å². The molecule has 2 atom stereocenters. The molecule has 100 valence electrons. The van der Waals surface area contributed by atoms with Gasteiger partial charge >= 0.3 is 5.97 Å². The average molecular weight is 253 g/mol. The SMILES string of the molecule is CCc1nnc(CN2CCC(C)CC2C(=O)O)o1. The standard InChI is InChI=1S/C12H19N3O3/c1-3-10-13-14-11(18-10)7-15-5-4-8(2)6-9(15)12(16)17/h8-9H,3-7H2,1-2H3,(H,16,17). The van der Waals surface area contributed by atoms with Crippen molar-refractivity contribution >= 4 is 5.97 Å². The van der Waals surface area contributed by atoms with Gasteiger partial charge in [0.15, 0.2) is 0 Å². The molecule has 0 radical (unpaired) electrons. The number of piperidine rings is 1. The molecule has 6 nitrogen and oxygen atoms in total. The zero-order valence-electron chi connectivity index (χ0n) is 10.8. The van der Waals surface area contributed by atoms with Crippen LogP contribution in [0.5, 0.6) is 0 Å². The molecule has 0 spiro atoms. The van der Waals surface area contributed by atoms with Gasteiger partial charge in [-0.3, -0.25) is 9.69 Å². The molecule has 2 unspecified atom stereocenters. The van der Waals surface area contributed by atoms with E-state index in [1.54, 1.807) is 0 Å². The molecular weight excluding hydrogens is 234 g/mol. The molecule has 1 fully saturated rings. The van der Waals surface area contributed by atoms with Gasteiger partial charge in [-0.15, -0.1) is 10.2 Å². The van der Waals surface area contributed by atoms with Crippen molar-refractivity contribution in [2.24, 2.45) is 5.92 Å². The summed E-state index contributed by atoms with van der Waals surface area (Å²) >= 11 is 0. The normalized spacial score (nSPS) is 25.2. The molecule has 0 saturated carbocycles. The molecule has 1 aliphatic rings. The van der Waals surface area contributed by atoms with Gasteiger partial charge in [0.05, 0.1) is 6.54 Å². The maximum atomic E-state index is 11.3. The van der Waals surface area contributed by atoms with E-state index >= 15 is 0 Å². The van der Waals surface area contributed by atoms with Crippen LogP contribution in [-0.4, -0.2) is 38.8 Å². The van der Waals surface area contributed by atoms with E-state index in [4.69, 9.17) is 4.42 Å². The smallest absolute Gasteiger partial charge is 0.320 e. The molecule has 1 aromatic heterocycles. The summed E-state index contributed by atoms with van der Waals surface area (Å²) in [5, 5.41) is 17.1. The fraction of sp³-hybridized carbons (Fsp3) is 0.750. The summed E-state index contributed by atoms with van der Waals surface area (Å²) < 4.78 is 5.43. The molecule has 1 aromatic rings. The zero-order valence-corrected chi connectivity index (χ0v) is 10.8. The second-order valence-electron chi connectivity index (χ2n) is 4.90. The van der Waals surface area contributed by atoms with Gasteiger partial charge < -0.3 is 9.52 Å². The van der Waals surface area contributed by atoms with Gasteiger partial charge in [-0.25, -0.2) is 0 Å². The van der Waals surface area contributed by atoms with Crippen LogP contribution in [0, 0.1) is 5.92 Å². The zero-order chi connectivity index (χ0) is 13.1. The topological polar surface area (TPSA) is 79.5 Å². The number of hydrogen-bond acceptors (Lipinski definition) is 5. The monoisotopic (exact) mass is 253 g/mol. The average Bonchev–Trinajstić information content (AvgIpc) is 2.79. The molecule has 1 saturated heterocycles. The molecule has 1 aliphatic heterocycles. The number of aromatic nitrogens is 2. The Kier molecular flexibility index (Phi) is 3.96. The fourth-order valence-electron chi connectivity index (χ4n) is 2.31. The van der Waals surface area contributed by atoms with Crippen molar-refractivity contribution in [1.82, 2.24) is 15.1 Å². The van der Waals surface area contributed by atoms with Crippen LogP contribution in [0.1, 0.15) is 38.5 Å². The van der Waals surface area contributed by atoms with Crippen LogP contribution in [0.15, 0.2) is 4.42 Å². The van der Waals surface area contributed by atoms with Crippen molar-refractivity contribution in [3.63, 3.8) is 0 Å². The van der Waals surface area contributed by atoms with E-state index < -0.39 is 12.0 Å². The van der Waals surface area contributed by atoms with Crippen molar-refractivity contribution < 1.29 is 14.3 Å². The number of aryl methyl sites for hydroxylation is 1. The van der Waals surface area contributed by atoms with Gasteiger partial charge in [-0.1, -0.05) is 13.8 Å². The second-order valence-corrected chi connectivity index (χ2v) is 4.90. The Hall–Kier alpha value is -1.43. The van der Waals surface area contributed by atoms with Crippen LogP contribution in [-0.2, 0) is 17.8 Å². The van der Waals surface area contributed by atoms with E-state index in [9.17, 15) is 9.90 Å². The van der Waals surface area contributed by atoms with Gasteiger partial charge in [0.1, 0.15) is 6.04 Å². The lowest BCUT2D eigenvalue weighted by Crippen LogP contribution is -2.46. The summed E-state index contributed by atoms with van der Waals surface area (Å²) in [6.45, 7) is 5.23. The Morgan fingerprint density at radius 1 is 1.50 bits per heavy atom. The first-order valence-electron chi connectivity index (χ1n) is 6.38. The molecule has 0 bridgehead atoms. The minimum atomic E-state index is -0.767. The Bertz CT molecular complexity index is 418. The third-order valence-corrected chi connectivity index (χ3v) is 3.41. The van der Waals surface area contributed by atoms with Gasteiger partial charge in [0.2, 0.25) is 11.8 Å². The summed E-state index contributed by atoms with van der Waals surface area (Å²) in [7, 11) is 0. The van der Waals surface area contributed by atoms with E-state index in [1.807, 2.05) is 11.8 Å². The summed E-state index contributed by atoms with van der Waals surface area (Å²) in [5.41, 5.74) is 0. The Balaban J connectivity index is 2.04. The number of rotatable bonds is 4. The van der Waals surface area contributed by atoms with Crippen LogP contribution in [0.4, 0.5) is 0 Å². The quantitative estimate of drug-likeness (QED) is 0.871. The molecule has 2 heterocycles. The van der Waals surface area contributed by atoms with Gasteiger partial charge in [-0.2, -0.15) is 0 Å². The maximum Gasteiger partial charge on any atom is 0.320 e.